The Balaban J connectivity index is 1.46. The Hall–Kier alpha value is -4.63. The van der Waals surface area contributed by atoms with Crippen LogP contribution in [0.4, 0.5) is 18.9 Å². The number of rotatable bonds is 11. The standard InChI is InChI=1S/C39H40F3N3O3/c1-2-3-19-32(45-23-12-5-13-24-45)29-21-22-31(44-37(46)30-18-10-11-20-33(30)48-26-14-6-4-7-15-26)34-27-16-8-9-17-28(27)36(35(29)34)38(47)43-25-39(40,41)42/h4,6-11,14-18,20-22,32,36H,2-3,5,12-13,19,23-25H2,1H3,(H,43,47)(H,44,46). The van der Waals surface area contributed by atoms with E-state index in [9.17, 15) is 22.8 Å². The number of halogens is 3. The van der Waals surface area contributed by atoms with Gasteiger partial charge in [-0.1, -0.05) is 86.8 Å². The summed E-state index contributed by atoms with van der Waals surface area (Å²) in [5, 5.41) is 5.26. The number of carbonyl (C=O) groups is 2. The number of anilines is 1. The molecular weight excluding hydrogens is 615 g/mol. The quantitative estimate of drug-likeness (QED) is 0.169. The molecule has 0 aromatic heterocycles. The molecule has 1 aliphatic carbocycles. The van der Waals surface area contributed by atoms with Crippen LogP contribution in [0, 0.1) is 0 Å². The molecule has 4 aromatic carbocycles. The van der Waals surface area contributed by atoms with Crippen molar-refractivity contribution in [1.82, 2.24) is 10.2 Å². The number of ether oxygens (including phenoxy) is 1. The molecule has 6 rings (SSSR count). The molecule has 1 aliphatic heterocycles. The molecule has 250 valence electrons. The van der Waals surface area contributed by atoms with Crippen LogP contribution in [0.2, 0.25) is 0 Å². The maximum Gasteiger partial charge on any atom is 0.405 e. The molecule has 2 unspecified atom stereocenters. The first-order valence-electron chi connectivity index (χ1n) is 16.7. The van der Waals surface area contributed by atoms with E-state index in [0.29, 0.717) is 39.4 Å². The number of hydrogen-bond donors (Lipinski definition) is 2. The number of carbonyl (C=O) groups excluding carboxylic acids is 2. The molecule has 48 heavy (non-hydrogen) atoms. The third kappa shape index (κ3) is 7.26. The van der Waals surface area contributed by atoms with Gasteiger partial charge >= 0.3 is 6.18 Å². The molecule has 1 heterocycles. The number of hydrogen-bond acceptors (Lipinski definition) is 4. The van der Waals surface area contributed by atoms with Gasteiger partial charge in [-0.25, -0.2) is 0 Å². The molecule has 2 N–H and O–H groups in total. The number of unbranched alkanes of at least 4 members (excludes halogenated alkanes) is 1. The van der Waals surface area contributed by atoms with Crippen molar-refractivity contribution < 1.29 is 27.5 Å². The number of fused-ring (bicyclic) bond motifs is 3. The number of para-hydroxylation sites is 2. The first-order valence-corrected chi connectivity index (χ1v) is 16.7. The number of alkyl halides is 3. The lowest BCUT2D eigenvalue weighted by Crippen LogP contribution is -2.38. The maximum atomic E-state index is 14.0. The number of piperidine rings is 1. The lowest BCUT2D eigenvalue weighted by atomic mass is 9.85. The van der Waals surface area contributed by atoms with Crippen LogP contribution in [0.15, 0.2) is 91.0 Å². The molecular formula is C39H40F3N3O3. The highest BCUT2D eigenvalue weighted by molar-refractivity contribution is 6.10. The molecule has 0 spiro atoms. The molecule has 2 aliphatic rings. The molecule has 9 heteroatoms. The van der Waals surface area contributed by atoms with Crippen LogP contribution >= 0.6 is 0 Å². The van der Waals surface area contributed by atoms with Crippen molar-refractivity contribution in [2.75, 3.05) is 25.0 Å². The molecule has 0 saturated carbocycles. The second-order valence-electron chi connectivity index (χ2n) is 12.5. The summed E-state index contributed by atoms with van der Waals surface area (Å²) in [5.74, 6) is -1.12. The van der Waals surface area contributed by atoms with Gasteiger partial charge in [0.1, 0.15) is 18.0 Å². The molecule has 4 aromatic rings. The summed E-state index contributed by atoms with van der Waals surface area (Å²) in [4.78, 5) is 30.3. The Bertz CT molecular complexity index is 1750. The monoisotopic (exact) mass is 655 g/mol. The van der Waals surface area contributed by atoms with Gasteiger partial charge < -0.3 is 15.4 Å². The van der Waals surface area contributed by atoms with Gasteiger partial charge in [-0.3, -0.25) is 14.5 Å². The lowest BCUT2D eigenvalue weighted by Gasteiger charge is -2.37. The smallest absolute Gasteiger partial charge is 0.405 e. The van der Waals surface area contributed by atoms with Crippen LogP contribution in [-0.2, 0) is 4.79 Å². The van der Waals surface area contributed by atoms with Gasteiger partial charge in [-0.05, 0) is 84.9 Å². The third-order valence-corrected chi connectivity index (χ3v) is 9.21. The van der Waals surface area contributed by atoms with E-state index in [1.54, 1.807) is 48.5 Å². The maximum absolute atomic E-state index is 14.0. The summed E-state index contributed by atoms with van der Waals surface area (Å²) in [7, 11) is 0. The minimum Gasteiger partial charge on any atom is -0.457 e. The van der Waals surface area contributed by atoms with E-state index in [1.807, 2.05) is 42.5 Å². The summed E-state index contributed by atoms with van der Waals surface area (Å²) in [6.45, 7) is 2.55. The van der Waals surface area contributed by atoms with Crippen molar-refractivity contribution in [3.8, 4) is 22.6 Å². The zero-order valence-electron chi connectivity index (χ0n) is 27.0. The minimum atomic E-state index is -4.55. The van der Waals surface area contributed by atoms with Gasteiger partial charge in [0.2, 0.25) is 5.91 Å². The fourth-order valence-electron chi connectivity index (χ4n) is 7.04. The zero-order valence-corrected chi connectivity index (χ0v) is 27.0. The van der Waals surface area contributed by atoms with Gasteiger partial charge in [-0.15, -0.1) is 0 Å². The predicted molar refractivity (Wildman–Crippen MR) is 181 cm³/mol. The van der Waals surface area contributed by atoms with Crippen molar-refractivity contribution in [3.63, 3.8) is 0 Å². The Morgan fingerprint density at radius 1 is 0.896 bits per heavy atom. The third-order valence-electron chi connectivity index (χ3n) is 9.21. The first-order chi connectivity index (χ1) is 23.2. The van der Waals surface area contributed by atoms with Crippen LogP contribution in [-0.4, -0.2) is 42.5 Å². The average Bonchev–Trinajstić information content (AvgIpc) is 3.45. The van der Waals surface area contributed by atoms with E-state index in [4.69, 9.17) is 4.74 Å². The van der Waals surface area contributed by atoms with Crippen molar-refractivity contribution in [3.05, 3.63) is 113 Å². The van der Waals surface area contributed by atoms with E-state index >= 15 is 0 Å². The first kappa shape index (κ1) is 33.3. The number of nitrogens with zero attached hydrogens (tertiary/aromatic N) is 1. The largest absolute Gasteiger partial charge is 0.457 e. The summed E-state index contributed by atoms with van der Waals surface area (Å²) in [6.07, 6.45) is 1.54. The second-order valence-corrected chi connectivity index (χ2v) is 12.5. The molecule has 0 bridgehead atoms. The number of nitrogens with one attached hydrogen (secondary N) is 2. The Morgan fingerprint density at radius 3 is 2.35 bits per heavy atom. The van der Waals surface area contributed by atoms with E-state index < -0.39 is 30.5 Å². The highest BCUT2D eigenvalue weighted by Gasteiger charge is 2.41. The van der Waals surface area contributed by atoms with E-state index in [1.165, 1.54) is 0 Å². The highest BCUT2D eigenvalue weighted by atomic mass is 19.4. The number of likely N-dealkylation sites (tertiary alicyclic amines) is 1. The van der Waals surface area contributed by atoms with Gasteiger partial charge in [0.05, 0.1) is 11.5 Å². The van der Waals surface area contributed by atoms with Crippen LogP contribution < -0.4 is 15.4 Å². The summed E-state index contributed by atoms with van der Waals surface area (Å²) in [5.41, 5.74) is 4.40. The Morgan fingerprint density at radius 2 is 1.60 bits per heavy atom. The lowest BCUT2D eigenvalue weighted by molar-refractivity contribution is -0.138. The van der Waals surface area contributed by atoms with Crippen LogP contribution in [0.25, 0.3) is 11.1 Å². The molecule has 6 nitrogen and oxygen atoms in total. The molecule has 1 fully saturated rings. The van der Waals surface area contributed by atoms with Crippen molar-refractivity contribution in [2.24, 2.45) is 0 Å². The molecule has 2 atom stereocenters. The van der Waals surface area contributed by atoms with Crippen molar-refractivity contribution in [2.45, 2.75) is 63.6 Å². The topological polar surface area (TPSA) is 70.7 Å². The number of amides is 2. The van der Waals surface area contributed by atoms with Crippen LogP contribution in [0.1, 0.15) is 84.5 Å². The normalized spacial score (nSPS) is 16.5. The molecule has 1 saturated heterocycles. The SMILES string of the molecule is CCCCC(c1ccc(NC(=O)c2ccccc2Oc2ccccc2)c2c1C(C(=O)NCC(F)(F)F)c1ccccc1-2)N1CCCCC1. The van der Waals surface area contributed by atoms with Gasteiger partial charge in [0.15, 0.2) is 0 Å². The van der Waals surface area contributed by atoms with Crippen molar-refractivity contribution in [1.29, 1.82) is 0 Å². The molecule has 0 radical (unpaired) electrons. The minimum absolute atomic E-state index is 0.0176. The Kier molecular flexibility index (Phi) is 10.2. The predicted octanol–water partition coefficient (Wildman–Crippen LogP) is 9.24. The van der Waals surface area contributed by atoms with Crippen LogP contribution in [0.3, 0.4) is 0 Å². The van der Waals surface area contributed by atoms with Gasteiger partial charge in [0, 0.05) is 17.3 Å². The van der Waals surface area contributed by atoms with E-state index in [0.717, 1.165) is 62.7 Å². The van der Waals surface area contributed by atoms with Gasteiger partial charge in [-0.2, -0.15) is 13.2 Å². The zero-order chi connectivity index (χ0) is 33.7. The van der Waals surface area contributed by atoms with E-state index in [2.05, 4.69) is 22.5 Å². The Labute approximate surface area is 279 Å². The summed E-state index contributed by atoms with van der Waals surface area (Å²) >= 11 is 0. The molecule has 2 amide bonds. The number of benzene rings is 4. The van der Waals surface area contributed by atoms with Crippen LogP contribution in [0.5, 0.6) is 11.5 Å². The van der Waals surface area contributed by atoms with Gasteiger partial charge in [0.25, 0.3) is 5.91 Å². The van der Waals surface area contributed by atoms with E-state index in [-0.39, 0.29) is 6.04 Å². The summed E-state index contributed by atoms with van der Waals surface area (Å²) < 4.78 is 46.1. The average molecular weight is 656 g/mol. The highest BCUT2D eigenvalue weighted by Crippen LogP contribution is 2.52. The second kappa shape index (κ2) is 14.6. The fraction of sp³-hybridized carbons (Fsp3) is 0.333. The van der Waals surface area contributed by atoms with Crippen molar-refractivity contribution >= 4 is 17.5 Å². The fourth-order valence-corrected chi connectivity index (χ4v) is 7.04. The summed E-state index contributed by atoms with van der Waals surface area (Å²) in [6, 6.07) is 27.3.